The van der Waals surface area contributed by atoms with Crippen molar-refractivity contribution in [1.29, 1.82) is 0 Å². The van der Waals surface area contributed by atoms with Crippen molar-refractivity contribution in [3.05, 3.63) is 47.6 Å². The maximum atomic E-state index is 12.9. The fraction of sp³-hybridized carbons (Fsp3) is 0.455. The highest BCUT2D eigenvalue weighted by Crippen LogP contribution is 2.34. The number of para-hydroxylation sites is 1. The largest absolute Gasteiger partial charge is 0.356 e. The van der Waals surface area contributed by atoms with E-state index in [1.165, 1.54) is 15.9 Å². The molecule has 5 rings (SSSR count). The summed E-state index contributed by atoms with van der Waals surface area (Å²) in [6.07, 6.45) is 6.71. The molecule has 0 bridgehead atoms. The van der Waals surface area contributed by atoms with E-state index < -0.39 is 10.0 Å². The summed E-state index contributed by atoms with van der Waals surface area (Å²) in [6, 6.07) is 11.9. The van der Waals surface area contributed by atoms with Crippen LogP contribution >= 0.6 is 11.3 Å². The minimum absolute atomic E-state index is 0.299. The summed E-state index contributed by atoms with van der Waals surface area (Å²) in [4.78, 5) is 11.9. The second-order valence-electron chi connectivity index (χ2n) is 8.12. The monoisotopic (exact) mass is 442 g/mol. The van der Waals surface area contributed by atoms with E-state index >= 15 is 0 Å². The van der Waals surface area contributed by atoms with E-state index in [0.29, 0.717) is 23.9 Å². The zero-order valence-electron chi connectivity index (χ0n) is 16.9. The molecule has 1 atom stereocenters. The first-order chi connectivity index (χ1) is 14.6. The van der Waals surface area contributed by atoms with Gasteiger partial charge in [0, 0.05) is 38.3 Å². The van der Waals surface area contributed by atoms with E-state index in [1.54, 1.807) is 21.7 Å². The lowest BCUT2D eigenvalue weighted by Gasteiger charge is -2.32. The molecule has 3 aromatic rings. The van der Waals surface area contributed by atoms with Gasteiger partial charge in [-0.2, -0.15) is 4.31 Å². The van der Waals surface area contributed by atoms with Crippen molar-refractivity contribution in [2.24, 2.45) is 0 Å². The summed E-state index contributed by atoms with van der Waals surface area (Å²) in [5.74, 6) is 1.23. The number of benzene rings is 1. The number of anilines is 1. The van der Waals surface area contributed by atoms with Gasteiger partial charge in [-0.05, 0) is 49.9 Å². The molecule has 0 N–H and O–H groups in total. The molecule has 1 unspecified atom stereocenters. The highest BCUT2D eigenvalue weighted by molar-refractivity contribution is 7.89. The molecule has 158 valence electrons. The molecular formula is C22H26N4O2S2. The fourth-order valence-electron chi connectivity index (χ4n) is 4.42. The second-order valence-corrected chi connectivity index (χ2v) is 11.1. The predicted octanol–water partition coefficient (Wildman–Crippen LogP) is 4.25. The van der Waals surface area contributed by atoms with Crippen molar-refractivity contribution in [3.8, 4) is 0 Å². The highest BCUT2D eigenvalue weighted by Gasteiger charge is 2.28. The SMILES string of the molecule is O=S(=O)(c1ccc(N2CCCC(c3nc4ccccc4s3)C2)nc1)N1CCCCC1. The van der Waals surface area contributed by atoms with Crippen molar-refractivity contribution < 1.29 is 8.42 Å². The van der Waals surface area contributed by atoms with Gasteiger partial charge in [0.1, 0.15) is 10.7 Å². The zero-order valence-corrected chi connectivity index (χ0v) is 18.5. The molecular weight excluding hydrogens is 416 g/mol. The average molecular weight is 443 g/mol. The zero-order chi connectivity index (χ0) is 20.6. The van der Waals surface area contributed by atoms with Crippen molar-refractivity contribution in [1.82, 2.24) is 14.3 Å². The van der Waals surface area contributed by atoms with E-state index in [4.69, 9.17) is 4.98 Å². The van der Waals surface area contributed by atoms with Crippen LogP contribution in [0.3, 0.4) is 0 Å². The number of aromatic nitrogens is 2. The first-order valence-corrected chi connectivity index (χ1v) is 12.9. The lowest BCUT2D eigenvalue weighted by atomic mass is 9.99. The first kappa shape index (κ1) is 19.9. The molecule has 2 aliphatic heterocycles. The van der Waals surface area contributed by atoms with Gasteiger partial charge in [-0.1, -0.05) is 18.6 Å². The van der Waals surface area contributed by atoms with E-state index in [9.17, 15) is 8.42 Å². The predicted molar refractivity (Wildman–Crippen MR) is 121 cm³/mol. The van der Waals surface area contributed by atoms with Gasteiger partial charge in [0.25, 0.3) is 0 Å². The molecule has 0 radical (unpaired) electrons. The molecule has 0 amide bonds. The van der Waals surface area contributed by atoms with Crippen LogP contribution in [-0.4, -0.2) is 48.9 Å². The maximum Gasteiger partial charge on any atom is 0.244 e. The average Bonchev–Trinajstić information content (AvgIpc) is 3.24. The van der Waals surface area contributed by atoms with Crippen molar-refractivity contribution in [2.45, 2.75) is 42.9 Å². The van der Waals surface area contributed by atoms with Crippen LogP contribution in [0.1, 0.15) is 43.0 Å². The van der Waals surface area contributed by atoms with Crippen molar-refractivity contribution in [3.63, 3.8) is 0 Å². The van der Waals surface area contributed by atoms with Crippen LogP contribution in [0.5, 0.6) is 0 Å². The van der Waals surface area contributed by atoms with E-state index in [2.05, 4.69) is 28.1 Å². The van der Waals surface area contributed by atoms with Gasteiger partial charge in [-0.25, -0.2) is 18.4 Å². The van der Waals surface area contributed by atoms with Gasteiger partial charge in [0.15, 0.2) is 0 Å². The van der Waals surface area contributed by atoms with Crippen molar-refractivity contribution >= 4 is 37.4 Å². The summed E-state index contributed by atoms with van der Waals surface area (Å²) < 4.78 is 28.6. The molecule has 4 heterocycles. The summed E-state index contributed by atoms with van der Waals surface area (Å²) in [6.45, 7) is 3.03. The number of fused-ring (bicyclic) bond motifs is 1. The molecule has 0 aliphatic carbocycles. The Morgan fingerprint density at radius 1 is 0.967 bits per heavy atom. The standard InChI is InChI=1S/C22H26N4O2S2/c27-30(28,26-13-4-1-5-14-26)18-10-11-21(23-15-18)25-12-6-7-17(16-25)22-24-19-8-2-3-9-20(19)29-22/h2-3,8-11,15,17H,1,4-7,12-14,16H2. The number of nitrogens with zero attached hydrogens (tertiary/aromatic N) is 4. The quantitative estimate of drug-likeness (QED) is 0.604. The number of hydrogen-bond donors (Lipinski definition) is 0. The van der Waals surface area contributed by atoms with E-state index in [0.717, 1.165) is 56.5 Å². The van der Waals surface area contributed by atoms with Crippen LogP contribution in [0.4, 0.5) is 5.82 Å². The van der Waals surface area contributed by atoms with E-state index in [-0.39, 0.29) is 0 Å². The van der Waals surface area contributed by atoms with E-state index in [1.807, 2.05) is 12.1 Å². The highest BCUT2D eigenvalue weighted by atomic mass is 32.2. The molecule has 2 aromatic heterocycles. The summed E-state index contributed by atoms with van der Waals surface area (Å²) in [7, 11) is -3.43. The number of rotatable bonds is 4. The molecule has 8 heteroatoms. The molecule has 2 saturated heterocycles. The van der Waals surface area contributed by atoms with Crippen LogP contribution in [0, 0.1) is 0 Å². The summed E-state index contributed by atoms with van der Waals surface area (Å²) >= 11 is 1.78. The Hall–Kier alpha value is -2.03. The van der Waals surface area contributed by atoms with Gasteiger partial charge in [-0.15, -0.1) is 11.3 Å². The summed E-state index contributed by atoms with van der Waals surface area (Å²) in [5.41, 5.74) is 1.07. The van der Waals surface area contributed by atoms with Crippen LogP contribution in [0.15, 0.2) is 47.5 Å². The molecule has 2 fully saturated rings. The number of thiazole rings is 1. The maximum absolute atomic E-state index is 12.9. The Morgan fingerprint density at radius 3 is 2.57 bits per heavy atom. The minimum Gasteiger partial charge on any atom is -0.356 e. The number of piperidine rings is 2. The van der Waals surface area contributed by atoms with Gasteiger partial charge in [-0.3, -0.25) is 0 Å². The third-order valence-electron chi connectivity index (χ3n) is 6.08. The van der Waals surface area contributed by atoms with Crippen LogP contribution < -0.4 is 4.90 Å². The molecule has 30 heavy (non-hydrogen) atoms. The van der Waals surface area contributed by atoms with Gasteiger partial charge < -0.3 is 4.90 Å². The Kier molecular flexibility index (Phi) is 5.47. The first-order valence-electron chi connectivity index (χ1n) is 10.7. The molecule has 1 aromatic carbocycles. The molecule has 0 saturated carbocycles. The Bertz CT molecular complexity index is 1090. The van der Waals surface area contributed by atoms with Crippen LogP contribution in [-0.2, 0) is 10.0 Å². The third-order valence-corrected chi connectivity index (χ3v) is 9.16. The summed E-state index contributed by atoms with van der Waals surface area (Å²) in [5, 5.41) is 1.19. The Labute approximate surface area is 181 Å². The molecule has 2 aliphatic rings. The smallest absolute Gasteiger partial charge is 0.244 e. The van der Waals surface area contributed by atoms with Crippen LogP contribution in [0.2, 0.25) is 0 Å². The van der Waals surface area contributed by atoms with Gasteiger partial charge >= 0.3 is 0 Å². The lowest BCUT2D eigenvalue weighted by molar-refractivity contribution is 0.346. The number of hydrogen-bond acceptors (Lipinski definition) is 6. The molecule has 0 spiro atoms. The van der Waals surface area contributed by atoms with Gasteiger partial charge in [0.2, 0.25) is 10.0 Å². The Morgan fingerprint density at radius 2 is 1.80 bits per heavy atom. The lowest BCUT2D eigenvalue weighted by Crippen LogP contribution is -2.36. The topological polar surface area (TPSA) is 66.4 Å². The fourth-order valence-corrected chi connectivity index (χ4v) is 6.97. The minimum atomic E-state index is -3.43. The normalized spacial score (nSPS) is 21.2. The molecule has 6 nitrogen and oxygen atoms in total. The number of pyridine rings is 1. The number of sulfonamides is 1. The Balaban J connectivity index is 1.32. The van der Waals surface area contributed by atoms with Gasteiger partial charge in [0.05, 0.1) is 15.2 Å². The van der Waals surface area contributed by atoms with Crippen LogP contribution in [0.25, 0.3) is 10.2 Å². The second kappa shape index (κ2) is 8.24. The van der Waals surface area contributed by atoms with Crippen molar-refractivity contribution in [2.75, 3.05) is 31.1 Å². The third kappa shape index (κ3) is 3.84.